The monoisotopic (exact) mass is 355 g/mol. The third-order valence-electron chi connectivity index (χ3n) is 4.06. The number of hydrogen-bond donors (Lipinski definition) is 1. The minimum Gasteiger partial charge on any atom is -0.493 e. The van der Waals surface area contributed by atoms with Gasteiger partial charge in [0.25, 0.3) is 0 Å². The molecule has 0 amide bonds. The summed E-state index contributed by atoms with van der Waals surface area (Å²) in [6.45, 7) is 4.60. The molecular formula is C17H26BrNO2. The zero-order valence-corrected chi connectivity index (χ0v) is 14.7. The van der Waals surface area contributed by atoms with Gasteiger partial charge in [-0.3, -0.25) is 0 Å². The number of benzene rings is 1. The van der Waals surface area contributed by atoms with E-state index in [-0.39, 0.29) is 0 Å². The maximum absolute atomic E-state index is 5.62. The summed E-state index contributed by atoms with van der Waals surface area (Å²) in [4.78, 5) is 0. The Morgan fingerprint density at radius 2 is 2.00 bits per heavy atom. The Labute approximate surface area is 136 Å². The molecule has 1 aromatic rings. The first-order chi connectivity index (χ1) is 10.2. The maximum atomic E-state index is 5.62. The van der Waals surface area contributed by atoms with Crippen LogP contribution >= 0.6 is 15.9 Å². The predicted octanol–water partition coefficient (Wildman–Crippen LogP) is 4.53. The Kier molecular flexibility index (Phi) is 6.84. The van der Waals surface area contributed by atoms with Gasteiger partial charge in [-0.05, 0) is 65.9 Å². The molecule has 1 fully saturated rings. The van der Waals surface area contributed by atoms with Crippen molar-refractivity contribution < 1.29 is 9.47 Å². The van der Waals surface area contributed by atoms with Crippen molar-refractivity contribution in [3.8, 4) is 11.5 Å². The molecule has 1 N–H and O–H groups in total. The van der Waals surface area contributed by atoms with E-state index in [4.69, 9.17) is 9.47 Å². The van der Waals surface area contributed by atoms with Gasteiger partial charge < -0.3 is 14.8 Å². The van der Waals surface area contributed by atoms with E-state index in [9.17, 15) is 0 Å². The summed E-state index contributed by atoms with van der Waals surface area (Å²) in [5.41, 5.74) is 1.22. The van der Waals surface area contributed by atoms with Crippen LogP contribution in [0.15, 0.2) is 16.6 Å². The van der Waals surface area contributed by atoms with Gasteiger partial charge in [0, 0.05) is 6.54 Å². The van der Waals surface area contributed by atoms with Gasteiger partial charge in [-0.15, -0.1) is 0 Å². The first-order valence-corrected chi connectivity index (χ1v) is 8.73. The number of rotatable bonds is 7. The quantitative estimate of drug-likeness (QED) is 0.779. The molecule has 0 aliphatic heterocycles. The molecule has 0 spiro atoms. The van der Waals surface area contributed by atoms with Gasteiger partial charge in [0.15, 0.2) is 11.5 Å². The number of halogens is 1. The molecule has 4 heteroatoms. The van der Waals surface area contributed by atoms with Crippen molar-refractivity contribution in [2.75, 3.05) is 20.3 Å². The summed E-state index contributed by atoms with van der Waals surface area (Å²) >= 11 is 3.58. The number of hydrogen-bond acceptors (Lipinski definition) is 3. The van der Waals surface area contributed by atoms with Crippen LogP contribution in [0.5, 0.6) is 11.5 Å². The summed E-state index contributed by atoms with van der Waals surface area (Å²) in [5.74, 6) is 2.43. The Morgan fingerprint density at radius 3 is 2.67 bits per heavy atom. The molecule has 1 aliphatic rings. The largest absolute Gasteiger partial charge is 0.493 e. The zero-order valence-electron chi connectivity index (χ0n) is 13.1. The predicted molar refractivity (Wildman–Crippen MR) is 90.1 cm³/mol. The topological polar surface area (TPSA) is 30.5 Å². The van der Waals surface area contributed by atoms with Crippen LogP contribution in [0.4, 0.5) is 0 Å². The molecule has 0 atom stereocenters. The molecule has 0 aromatic heterocycles. The standard InChI is InChI=1S/C17H26BrNO2/c1-3-21-17-15(18)9-14(10-16(17)20-2)12-19-11-13-7-5-4-6-8-13/h9-10,13,19H,3-8,11-12H2,1-2H3. The third-order valence-corrected chi connectivity index (χ3v) is 4.65. The Hall–Kier alpha value is -0.740. The van der Waals surface area contributed by atoms with Gasteiger partial charge >= 0.3 is 0 Å². The van der Waals surface area contributed by atoms with Crippen LogP contribution in [-0.2, 0) is 6.54 Å². The molecule has 1 saturated carbocycles. The molecule has 0 bridgehead atoms. The average molecular weight is 356 g/mol. The molecule has 2 rings (SSSR count). The fraction of sp³-hybridized carbons (Fsp3) is 0.647. The minimum atomic E-state index is 0.633. The summed E-state index contributed by atoms with van der Waals surface area (Å²) in [6, 6.07) is 4.17. The lowest BCUT2D eigenvalue weighted by Crippen LogP contribution is -2.24. The Morgan fingerprint density at radius 1 is 1.24 bits per heavy atom. The molecule has 1 aliphatic carbocycles. The Bertz CT molecular complexity index is 445. The third kappa shape index (κ3) is 4.89. The van der Waals surface area contributed by atoms with Crippen molar-refractivity contribution in [2.24, 2.45) is 5.92 Å². The van der Waals surface area contributed by atoms with Crippen molar-refractivity contribution >= 4 is 15.9 Å². The van der Waals surface area contributed by atoms with E-state index in [2.05, 4.69) is 33.4 Å². The van der Waals surface area contributed by atoms with Gasteiger partial charge in [-0.25, -0.2) is 0 Å². The van der Waals surface area contributed by atoms with Crippen LogP contribution in [0, 0.1) is 5.92 Å². The van der Waals surface area contributed by atoms with Crippen LogP contribution in [0.25, 0.3) is 0 Å². The molecule has 118 valence electrons. The highest BCUT2D eigenvalue weighted by atomic mass is 79.9. The van der Waals surface area contributed by atoms with E-state index in [1.165, 1.54) is 37.7 Å². The van der Waals surface area contributed by atoms with Crippen LogP contribution in [0.1, 0.15) is 44.6 Å². The number of nitrogens with one attached hydrogen (secondary N) is 1. The molecule has 1 aromatic carbocycles. The fourth-order valence-electron chi connectivity index (χ4n) is 2.97. The summed E-state index contributed by atoms with van der Waals surface area (Å²) in [6.07, 6.45) is 6.97. The SMILES string of the molecule is CCOc1c(Br)cc(CNCC2CCCCC2)cc1OC. The van der Waals surface area contributed by atoms with Gasteiger partial charge in [0.1, 0.15) is 0 Å². The highest BCUT2D eigenvalue weighted by Gasteiger charge is 2.14. The van der Waals surface area contributed by atoms with Gasteiger partial charge in [0.05, 0.1) is 18.2 Å². The van der Waals surface area contributed by atoms with Crippen LogP contribution in [0.3, 0.4) is 0 Å². The molecular weight excluding hydrogens is 330 g/mol. The smallest absolute Gasteiger partial charge is 0.175 e. The van der Waals surface area contributed by atoms with E-state index in [1.54, 1.807) is 7.11 Å². The van der Waals surface area contributed by atoms with Gasteiger partial charge in [0.2, 0.25) is 0 Å². The van der Waals surface area contributed by atoms with Gasteiger partial charge in [-0.2, -0.15) is 0 Å². The van der Waals surface area contributed by atoms with E-state index in [1.807, 2.05) is 6.92 Å². The fourth-order valence-corrected chi connectivity index (χ4v) is 3.58. The second-order valence-corrected chi connectivity index (χ2v) is 6.53. The molecule has 21 heavy (non-hydrogen) atoms. The highest BCUT2D eigenvalue weighted by Crippen LogP contribution is 2.36. The summed E-state index contributed by atoms with van der Waals surface area (Å²) in [7, 11) is 1.68. The maximum Gasteiger partial charge on any atom is 0.175 e. The molecule has 0 unspecified atom stereocenters. The van der Waals surface area contributed by atoms with E-state index in [0.717, 1.165) is 35.0 Å². The zero-order chi connectivity index (χ0) is 15.1. The minimum absolute atomic E-state index is 0.633. The molecule has 0 radical (unpaired) electrons. The van der Waals surface area contributed by atoms with Crippen LogP contribution in [0.2, 0.25) is 0 Å². The van der Waals surface area contributed by atoms with E-state index < -0.39 is 0 Å². The molecule has 0 heterocycles. The second kappa shape index (κ2) is 8.64. The number of ether oxygens (including phenoxy) is 2. The van der Waals surface area contributed by atoms with Crippen molar-refractivity contribution in [1.82, 2.24) is 5.32 Å². The highest BCUT2D eigenvalue weighted by molar-refractivity contribution is 9.10. The first kappa shape index (κ1) is 16.6. The van der Waals surface area contributed by atoms with E-state index in [0.29, 0.717) is 6.61 Å². The van der Waals surface area contributed by atoms with Crippen molar-refractivity contribution in [3.05, 3.63) is 22.2 Å². The van der Waals surface area contributed by atoms with Crippen molar-refractivity contribution in [1.29, 1.82) is 0 Å². The second-order valence-electron chi connectivity index (χ2n) is 5.68. The van der Waals surface area contributed by atoms with Crippen molar-refractivity contribution in [3.63, 3.8) is 0 Å². The van der Waals surface area contributed by atoms with Crippen LogP contribution < -0.4 is 14.8 Å². The number of methoxy groups -OCH3 is 1. The first-order valence-electron chi connectivity index (χ1n) is 7.94. The van der Waals surface area contributed by atoms with E-state index >= 15 is 0 Å². The average Bonchev–Trinajstić information content (AvgIpc) is 2.51. The Balaban J connectivity index is 1.92. The summed E-state index contributed by atoms with van der Waals surface area (Å²) in [5, 5.41) is 3.58. The normalized spacial score (nSPS) is 16.0. The lowest BCUT2D eigenvalue weighted by Gasteiger charge is -2.22. The lowest BCUT2D eigenvalue weighted by atomic mass is 9.89. The summed E-state index contributed by atoms with van der Waals surface area (Å²) < 4.78 is 12.0. The van der Waals surface area contributed by atoms with Crippen LogP contribution in [-0.4, -0.2) is 20.3 Å². The van der Waals surface area contributed by atoms with Crippen molar-refractivity contribution in [2.45, 2.75) is 45.6 Å². The lowest BCUT2D eigenvalue weighted by molar-refractivity contribution is 0.308. The molecule has 0 saturated heterocycles. The molecule has 3 nitrogen and oxygen atoms in total. The van der Waals surface area contributed by atoms with Gasteiger partial charge in [-0.1, -0.05) is 19.3 Å².